The van der Waals surface area contributed by atoms with Gasteiger partial charge in [0.15, 0.2) is 0 Å². The summed E-state index contributed by atoms with van der Waals surface area (Å²) in [6, 6.07) is 14.2. The van der Waals surface area contributed by atoms with E-state index in [1.807, 2.05) is 26.0 Å². The summed E-state index contributed by atoms with van der Waals surface area (Å²) in [4.78, 5) is 13.0. The van der Waals surface area contributed by atoms with E-state index in [4.69, 9.17) is 0 Å². The Labute approximate surface area is 173 Å². The van der Waals surface area contributed by atoms with Crippen molar-refractivity contribution in [1.82, 2.24) is 5.32 Å². The quantitative estimate of drug-likeness (QED) is 0.785. The van der Waals surface area contributed by atoms with Crippen molar-refractivity contribution in [3.05, 3.63) is 59.7 Å². The molecule has 154 valence electrons. The number of carbonyl (C=O) groups is 1. The molecule has 0 radical (unpaired) electrons. The molecule has 0 unspecified atom stereocenters. The van der Waals surface area contributed by atoms with Crippen molar-refractivity contribution in [3.63, 3.8) is 0 Å². The molecule has 6 heteroatoms. The van der Waals surface area contributed by atoms with Crippen LogP contribution in [0.1, 0.15) is 36.8 Å². The molecule has 0 aliphatic heterocycles. The smallest absolute Gasteiger partial charge is 0.264 e. The van der Waals surface area contributed by atoms with Gasteiger partial charge < -0.3 is 5.32 Å². The monoisotopic (exact) mass is 412 g/mol. The molecule has 5 nitrogen and oxygen atoms in total. The summed E-state index contributed by atoms with van der Waals surface area (Å²) in [6.07, 6.45) is 4.63. The molecule has 2 aromatic rings. The Balaban J connectivity index is 1.59. The molecular weight excluding hydrogens is 384 g/mol. The van der Waals surface area contributed by atoms with Crippen LogP contribution in [0.25, 0.3) is 0 Å². The first-order chi connectivity index (χ1) is 13.8. The van der Waals surface area contributed by atoms with Gasteiger partial charge in [-0.2, -0.15) is 0 Å². The first-order valence-electron chi connectivity index (χ1n) is 10.3. The fraction of sp³-hybridized carbons (Fsp3) is 0.435. The lowest BCUT2D eigenvalue weighted by Gasteiger charge is -2.27. The Kier molecular flexibility index (Phi) is 5.38. The molecule has 2 bridgehead atoms. The number of aryl methyl sites for hydroxylation is 2. The molecule has 2 aliphatic carbocycles. The summed E-state index contributed by atoms with van der Waals surface area (Å²) in [7, 11) is -3.85. The molecule has 0 heterocycles. The first-order valence-corrected chi connectivity index (χ1v) is 11.7. The lowest BCUT2D eigenvalue weighted by atomic mass is 9.95. The molecule has 1 amide bonds. The summed E-state index contributed by atoms with van der Waals surface area (Å²) in [6.45, 7) is 3.65. The van der Waals surface area contributed by atoms with Gasteiger partial charge in [-0.05, 0) is 69.2 Å². The van der Waals surface area contributed by atoms with E-state index in [0.717, 1.165) is 23.5 Å². The van der Waals surface area contributed by atoms with Gasteiger partial charge >= 0.3 is 0 Å². The van der Waals surface area contributed by atoms with E-state index in [-0.39, 0.29) is 23.4 Å². The van der Waals surface area contributed by atoms with Crippen molar-refractivity contribution in [2.24, 2.45) is 11.8 Å². The molecule has 0 aromatic heterocycles. The molecule has 1 N–H and O–H groups in total. The number of nitrogens with one attached hydrogen (secondary N) is 1. The predicted octanol–water partition coefficient (Wildman–Crippen LogP) is 3.80. The van der Waals surface area contributed by atoms with Gasteiger partial charge in [0.25, 0.3) is 10.0 Å². The van der Waals surface area contributed by atoms with Gasteiger partial charge in [-0.3, -0.25) is 9.10 Å². The van der Waals surface area contributed by atoms with E-state index in [0.29, 0.717) is 11.6 Å². The third kappa shape index (κ3) is 4.17. The minimum atomic E-state index is -3.85. The second-order valence-corrected chi connectivity index (χ2v) is 10.4. The van der Waals surface area contributed by atoms with Gasteiger partial charge in [-0.1, -0.05) is 41.8 Å². The molecule has 2 aliphatic rings. The highest BCUT2D eigenvalue weighted by atomic mass is 32.2. The zero-order valence-electron chi connectivity index (χ0n) is 17.0. The maximum atomic E-state index is 13.4. The van der Waals surface area contributed by atoms with E-state index >= 15 is 0 Å². The number of rotatable bonds is 6. The van der Waals surface area contributed by atoms with Gasteiger partial charge in [0.2, 0.25) is 5.91 Å². The maximum Gasteiger partial charge on any atom is 0.264 e. The predicted molar refractivity (Wildman–Crippen MR) is 114 cm³/mol. The highest BCUT2D eigenvalue weighted by molar-refractivity contribution is 7.92. The Hall–Kier alpha value is -2.34. The number of hydrogen-bond acceptors (Lipinski definition) is 3. The van der Waals surface area contributed by atoms with Crippen LogP contribution in [0.5, 0.6) is 0 Å². The average molecular weight is 413 g/mol. The topological polar surface area (TPSA) is 66.5 Å². The number of nitrogens with zero attached hydrogens (tertiary/aromatic N) is 1. The van der Waals surface area contributed by atoms with Crippen molar-refractivity contribution in [2.45, 2.75) is 50.5 Å². The van der Waals surface area contributed by atoms with E-state index in [1.165, 1.54) is 23.6 Å². The van der Waals surface area contributed by atoms with Crippen LogP contribution in [-0.2, 0) is 14.8 Å². The summed E-state index contributed by atoms with van der Waals surface area (Å²) in [5, 5.41) is 3.11. The van der Waals surface area contributed by atoms with Gasteiger partial charge in [-0.15, -0.1) is 0 Å². The second-order valence-electron chi connectivity index (χ2n) is 8.51. The zero-order chi connectivity index (χ0) is 20.6. The van der Waals surface area contributed by atoms with Crippen molar-refractivity contribution in [2.75, 3.05) is 10.8 Å². The third-order valence-electron chi connectivity index (χ3n) is 6.30. The first kappa shape index (κ1) is 20.0. The summed E-state index contributed by atoms with van der Waals surface area (Å²) in [5.74, 6) is 1.03. The van der Waals surface area contributed by atoms with Crippen molar-refractivity contribution >= 4 is 21.6 Å². The van der Waals surface area contributed by atoms with E-state index in [9.17, 15) is 13.2 Å². The Bertz CT molecular complexity index is 984. The van der Waals surface area contributed by atoms with E-state index < -0.39 is 10.0 Å². The van der Waals surface area contributed by atoms with Gasteiger partial charge in [0.1, 0.15) is 6.54 Å². The van der Waals surface area contributed by atoms with Crippen LogP contribution in [0.3, 0.4) is 0 Å². The van der Waals surface area contributed by atoms with Crippen LogP contribution in [-0.4, -0.2) is 26.9 Å². The van der Waals surface area contributed by atoms with Crippen LogP contribution in [0.4, 0.5) is 5.69 Å². The lowest BCUT2D eigenvalue weighted by Crippen LogP contribution is -2.46. The minimum absolute atomic E-state index is 0.184. The van der Waals surface area contributed by atoms with Gasteiger partial charge in [0.05, 0.1) is 10.6 Å². The number of anilines is 1. The molecule has 3 atom stereocenters. The van der Waals surface area contributed by atoms with Crippen molar-refractivity contribution in [1.29, 1.82) is 0 Å². The fourth-order valence-electron chi connectivity index (χ4n) is 4.67. The normalized spacial score (nSPS) is 23.2. The maximum absolute atomic E-state index is 13.4. The number of benzene rings is 2. The van der Waals surface area contributed by atoms with Gasteiger partial charge in [0, 0.05) is 6.04 Å². The van der Waals surface area contributed by atoms with Crippen LogP contribution in [0, 0.1) is 25.7 Å². The molecule has 2 aromatic carbocycles. The van der Waals surface area contributed by atoms with E-state index in [1.54, 1.807) is 36.4 Å². The molecule has 2 saturated carbocycles. The average Bonchev–Trinajstić information content (AvgIpc) is 3.30. The number of sulfonamides is 1. The fourth-order valence-corrected chi connectivity index (χ4v) is 6.09. The molecule has 2 fully saturated rings. The van der Waals surface area contributed by atoms with E-state index in [2.05, 4.69) is 5.32 Å². The van der Waals surface area contributed by atoms with Crippen molar-refractivity contribution < 1.29 is 13.2 Å². The standard InChI is InChI=1S/C23H28N2O3S/c1-16-3-9-20(10-4-16)25(29(27,28)21-11-5-17(2)6-12-21)15-23(26)24-22-14-18-7-8-19(22)13-18/h3-6,9-12,18-19,22H,7-8,13-15H2,1-2H3,(H,24,26)/t18-,19-,22+/m0/s1. The highest BCUT2D eigenvalue weighted by Gasteiger charge is 2.40. The summed E-state index contributed by atoms with van der Waals surface area (Å²) in [5.41, 5.74) is 2.52. The number of hydrogen-bond donors (Lipinski definition) is 1. The Morgan fingerprint density at radius 2 is 1.59 bits per heavy atom. The molecule has 0 spiro atoms. The number of amides is 1. The summed E-state index contributed by atoms with van der Waals surface area (Å²) < 4.78 is 28.0. The Morgan fingerprint density at radius 3 is 2.14 bits per heavy atom. The molecule has 0 saturated heterocycles. The number of fused-ring (bicyclic) bond motifs is 2. The highest BCUT2D eigenvalue weighted by Crippen LogP contribution is 2.44. The van der Waals surface area contributed by atoms with Crippen LogP contribution < -0.4 is 9.62 Å². The SMILES string of the molecule is Cc1ccc(N(CC(=O)N[C@@H]2C[C@H]3CC[C@H]2C3)S(=O)(=O)c2ccc(C)cc2)cc1. The Morgan fingerprint density at radius 1 is 0.966 bits per heavy atom. The second kappa shape index (κ2) is 7.82. The minimum Gasteiger partial charge on any atom is -0.352 e. The zero-order valence-corrected chi connectivity index (χ0v) is 17.8. The third-order valence-corrected chi connectivity index (χ3v) is 8.09. The number of carbonyl (C=O) groups excluding carboxylic acids is 1. The molecule has 29 heavy (non-hydrogen) atoms. The van der Waals surface area contributed by atoms with Crippen LogP contribution in [0.2, 0.25) is 0 Å². The van der Waals surface area contributed by atoms with Crippen LogP contribution >= 0.6 is 0 Å². The largest absolute Gasteiger partial charge is 0.352 e. The van der Waals surface area contributed by atoms with Crippen molar-refractivity contribution in [3.8, 4) is 0 Å². The van der Waals surface area contributed by atoms with Crippen LogP contribution in [0.15, 0.2) is 53.4 Å². The van der Waals surface area contributed by atoms with Gasteiger partial charge in [-0.25, -0.2) is 8.42 Å². The summed E-state index contributed by atoms with van der Waals surface area (Å²) >= 11 is 0. The lowest BCUT2D eigenvalue weighted by molar-refractivity contribution is -0.120. The molecular formula is C23H28N2O3S. The molecule has 4 rings (SSSR count).